The summed E-state index contributed by atoms with van der Waals surface area (Å²) in [7, 11) is 6.66. The smallest absolute Gasteiger partial charge is 0.340 e. The van der Waals surface area contributed by atoms with Crippen molar-refractivity contribution in [3.63, 3.8) is 0 Å². The summed E-state index contributed by atoms with van der Waals surface area (Å²) >= 11 is 0. The number of amides is 1. The van der Waals surface area contributed by atoms with E-state index in [0.717, 1.165) is 6.42 Å². The fraction of sp³-hybridized carbons (Fsp3) is 0.757. The predicted octanol–water partition coefficient (Wildman–Crippen LogP) is 2.19. The molecule has 1 aromatic rings. The van der Waals surface area contributed by atoms with Gasteiger partial charge in [-0.05, 0) is 43.9 Å². The first kappa shape index (κ1) is 35.7. The Labute approximate surface area is 292 Å². The largest absolute Gasteiger partial charge is 0.481 e. The van der Waals surface area contributed by atoms with Gasteiger partial charge in [-0.2, -0.15) is 0 Å². The number of rotatable bonds is 12. The Kier molecular flexibility index (Phi) is 8.93. The lowest BCUT2D eigenvalue weighted by Crippen LogP contribution is -2.82. The van der Waals surface area contributed by atoms with Gasteiger partial charge in [0.05, 0.1) is 54.2 Å². The van der Waals surface area contributed by atoms with Crippen LogP contribution in [0.25, 0.3) is 0 Å². The zero-order chi connectivity index (χ0) is 36.0. The normalized spacial score (nSPS) is 44.4. The summed E-state index contributed by atoms with van der Waals surface area (Å²) in [5.41, 5.74) is -4.20. The van der Waals surface area contributed by atoms with Gasteiger partial charge in [-0.1, -0.05) is 26.0 Å². The number of para-hydroxylation sites is 1. The number of nitrogens with one attached hydrogen (secondary N) is 1. The minimum Gasteiger partial charge on any atom is -0.481 e. The third-order valence-corrected chi connectivity index (χ3v) is 14.1. The van der Waals surface area contributed by atoms with Crippen LogP contribution in [0.3, 0.4) is 0 Å². The molecule has 13 nitrogen and oxygen atoms in total. The first-order chi connectivity index (χ1) is 23.8. The van der Waals surface area contributed by atoms with E-state index in [1.165, 1.54) is 6.92 Å². The molecule has 0 aromatic heterocycles. The number of carbonyl (C=O) groups is 3. The maximum atomic E-state index is 13.9. The van der Waals surface area contributed by atoms with E-state index in [4.69, 9.17) is 23.7 Å². The van der Waals surface area contributed by atoms with E-state index in [1.54, 1.807) is 52.7 Å². The van der Waals surface area contributed by atoms with Crippen molar-refractivity contribution in [2.45, 2.75) is 87.6 Å². The highest BCUT2D eigenvalue weighted by molar-refractivity contribution is 6.01. The fourth-order valence-corrected chi connectivity index (χ4v) is 12.6. The van der Waals surface area contributed by atoms with Gasteiger partial charge in [0.25, 0.3) is 0 Å². The van der Waals surface area contributed by atoms with Gasteiger partial charge in [0.15, 0.2) is 0 Å². The van der Waals surface area contributed by atoms with E-state index >= 15 is 0 Å². The van der Waals surface area contributed by atoms with Crippen molar-refractivity contribution >= 4 is 23.5 Å². The maximum Gasteiger partial charge on any atom is 0.340 e. The van der Waals surface area contributed by atoms with Gasteiger partial charge in [-0.15, -0.1) is 0 Å². The summed E-state index contributed by atoms with van der Waals surface area (Å²) in [5, 5.41) is 38.5. The first-order valence-electron chi connectivity index (χ1n) is 17.9. The summed E-state index contributed by atoms with van der Waals surface area (Å²) in [4.78, 5) is 40.2. The zero-order valence-corrected chi connectivity index (χ0v) is 29.8. The van der Waals surface area contributed by atoms with Crippen molar-refractivity contribution < 1.29 is 53.4 Å². The van der Waals surface area contributed by atoms with E-state index in [-0.39, 0.29) is 72.7 Å². The molecule has 276 valence electrons. The van der Waals surface area contributed by atoms with Crippen LogP contribution in [0.4, 0.5) is 5.69 Å². The molecule has 14 atom stereocenters. The second-order valence-electron chi connectivity index (χ2n) is 15.8. The van der Waals surface area contributed by atoms with Crippen LogP contribution in [0.1, 0.15) is 56.3 Å². The molecule has 1 spiro atoms. The topological polar surface area (TPSA) is 173 Å². The standard InChI is InChI=1S/C37H52N2O11/c1-7-39-17-34(18-50-32(43)20-10-8-9-11-23(20)38-26(40)14-19(2)31(41)42)13-12-25(47-4)36-22-15-21-24(46-3)16-35(44,27(22)28(21)48-5)37(45,33(36)39)30(49-6)29(34)36/h8-11,19,21-22,24-25,27-30,33,44-45H,7,12-18H2,1-6H3,(H,38,40)(H,41,42). The molecule has 14 unspecified atom stereocenters. The summed E-state index contributed by atoms with van der Waals surface area (Å²) in [6.45, 7) is 4.65. The van der Waals surface area contributed by atoms with Crippen LogP contribution in [0.5, 0.6) is 0 Å². The number of likely N-dealkylation sites (tertiary alicyclic amines) is 1. The Morgan fingerprint density at radius 1 is 1.06 bits per heavy atom. The molecule has 1 amide bonds. The summed E-state index contributed by atoms with van der Waals surface area (Å²) in [6, 6.07) is 6.05. The molecule has 7 rings (SSSR count). The number of likely N-dealkylation sites (N-methyl/N-ethyl adjacent to an activating group) is 1. The lowest BCUT2D eigenvalue weighted by molar-refractivity contribution is -0.320. The van der Waals surface area contributed by atoms with E-state index < -0.39 is 57.9 Å². The van der Waals surface area contributed by atoms with Gasteiger partial charge < -0.3 is 44.3 Å². The molecule has 6 aliphatic rings. The lowest BCUT2D eigenvalue weighted by Gasteiger charge is -2.70. The monoisotopic (exact) mass is 700 g/mol. The number of hydrogen-bond donors (Lipinski definition) is 4. The highest BCUT2D eigenvalue weighted by atomic mass is 16.5. The number of benzene rings is 1. The number of methoxy groups -OCH3 is 4. The number of carboxylic acid groups (broad SMARTS) is 1. The molecule has 1 heterocycles. The minimum atomic E-state index is -1.71. The molecule has 5 saturated carbocycles. The van der Waals surface area contributed by atoms with Crippen molar-refractivity contribution in [3.8, 4) is 0 Å². The number of ether oxygens (including phenoxy) is 5. The molecule has 0 radical (unpaired) electrons. The average Bonchev–Trinajstić information content (AvgIpc) is 3.52. The molecule has 1 aromatic carbocycles. The minimum absolute atomic E-state index is 0.0276. The Hall–Kier alpha value is -2.65. The van der Waals surface area contributed by atoms with Crippen LogP contribution < -0.4 is 5.32 Å². The van der Waals surface area contributed by atoms with Crippen molar-refractivity contribution in [3.05, 3.63) is 29.8 Å². The maximum absolute atomic E-state index is 13.9. The number of nitrogens with zero attached hydrogens (tertiary/aromatic N) is 1. The van der Waals surface area contributed by atoms with E-state index in [1.807, 2.05) is 0 Å². The molecule has 1 saturated heterocycles. The van der Waals surface area contributed by atoms with Crippen LogP contribution in [0, 0.1) is 40.4 Å². The number of piperidine rings is 1. The van der Waals surface area contributed by atoms with Gasteiger partial charge in [0.1, 0.15) is 11.2 Å². The predicted molar refractivity (Wildman–Crippen MR) is 178 cm³/mol. The number of aliphatic carboxylic acids is 1. The Morgan fingerprint density at radius 2 is 1.80 bits per heavy atom. The second kappa shape index (κ2) is 12.5. The number of esters is 1. The number of carbonyl (C=O) groups excluding carboxylic acids is 2. The average molecular weight is 701 g/mol. The molecule has 5 aliphatic carbocycles. The van der Waals surface area contributed by atoms with Gasteiger partial charge in [-0.3, -0.25) is 14.5 Å². The van der Waals surface area contributed by atoms with Gasteiger partial charge >= 0.3 is 11.9 Å². The number of aliphatic hydroxyl groups is 2. The Morgan fingerprint density at radius 3 is 2.44 bits per heavy atom. The molecule has 13 heteroatoms. The van der Waals surface area contributed by atoms with Crippen molar-refractivity contribution in [2.75, 3.05) is 53.5 Å². The Balaban J connectivity index is 1.28. The number of carboxylic acids is 1. The number of fused-ring (bicyclic) bond motifs is 2. The van der Waals surface area contributed by atoms with Crippen molar-refractivity contribution in [1.29, 1.82) is 0 Å². The highest BCUT2D eigenvalue weighted by Gasteiger charge is 2.91. The summed E-state index contributed by atoms with van der Waals surface area (Å²) < 4.78 is 31.3. The van der Waals surface area contributed by atoms with E-state index in [2.05, 4.69) is 17.1 Å². The molecule has 7 bridgehead atoms. The van der Waals surface area contributed by atoms with Crippen molar-refractivity contribution in [1.82, 2.24) is 4.90 Å². The molecule has 4 N–H and O–H groups in total. The van der Waals surface area contributed by atoms with Gasteiger partial charge in [0, 0.05) is 76.4 Å². The highest BCUT2D eigenvalue weighted by Crippen LogP contribution is 2.80. The van der Waals surface area contributed by atoms with Crippen LogP contribution in [-0.4, -0.2) is 128 Å². The SMILES string of the molecule is CCN1CC2(COC(=O)c3ccccc3NC(=O)CC(C)C(=O)O)CCC(OC)C34C5CC6C(OC)CC(O)(C5C6OC)C(O)(C(OC)C23)C14. The van der Waals surface area contributed by atoms with E-state index in [9.17, 15) is 29.7 Å². The van der Waals surface area contributed by atoms with Crippen LogP contribution >= 0.6 is 0 Å². The lowest BCUT2D eigenvalue weighted by atomic mass is 9.42. The third kappa shape index (κ3) is 4.46. The molecular formula is C37H52N2O11. The van der Waals surface area contributed by atoms with Gasteiger partial charge in [0.2, 0.25) is 5.91 Å². The molecular weight excluding hydrogens is 648 g/mol. The number of hydrogen-bond acceptors (Lipinski definition) is 11. The van der Waals surface area contributed by atoms with Crippen LogP contribution in [0.15, 0.2) is 24.3 Å². The second-order valence-corrected chi connectivity index (χ2v) is 15.8. The van der Waals surface area contributed by atoms with Crippen molar-refractivity contribution in [2.24, 2.45) is 40.4 Å². The molecule has 1 aliphatic heterocycles. The summed E-state index contributed by atoms with van der Waals surface area (Å²) in [6.07, 6.45) is 0.397. The molecule has 50 heavy (non-hydrogen) atoms. The van der Waals surface area contributed by atoms with E-state index in [0.29, 0.717) is 25.9 Å². The number of anilines is 1. The molecule has 6 fully saturated rings. The van der Waals surface area contributed by atoms with Crippen LogP contribution in [-0.2, 0) is 33.3 Å². The van der Waals surface area contributed by atoms with Gasteiger partial charge in [-0.25, -0.2) is 4.79 Å². The first-order valence-corrected chi connectivity index (χ1v) is 17.9. The zero-order valence-electron chi connectivity index (χ0n) is 29.8. The quantitative estimate of drug-likeness (QED) is 0.235. The van der Waals surface area contributed by atoms with Crippen LogP contribution in [0.2, 0.25) is 0 Å². The summed E-state index contributed by atoms with van der Waals surface area (Å²) in [5.74, 6) is -3.87. The third-order valence-electron chi connectivity index (χ3n) is 14.1. The Bertz CT molecular complexity index is 1530. The fourth-order valence-electron chi connectivity index (χ4n) is 12.6.